The Labute approximate surface area is 102 Å². The first-order valence-electron chi connectivity index (χ1n) is 5.86. The molecule has 0 amide bonds. The second-order valence-electron chi connectivity index (χ2n) is 5.10. The van der Waals surface area contributed by atoms with E-state index >= 15 is 0 Å². The molecule has 1 rings (SSSR count). The van der Waals surface area contributed by atoms with Crippen molar-refractivity contribution < 1.29 is 24.1 Å². The maximum absolute atomic E-state index is 11.6. The molecule has 0 spiro atoms. The molecule has 1 heterocycles. The first-order chi connectivity index (χ1) is 7.78. The SMILES string of the molecule is COC(=O)C(CCC1(C)OCCO1)C(C)(C)O. The maximum atomic E-state index is 11.6. The van der Waals surface area contributed by atoms with E-state index in [1.165, 1.54) is 7.11 Å². The third-order valence-corrected chi connectivity index (χ3v) is 3.12. The Balaban J connectivity index is 2.58. The van der Waals surface area contributed by atoms with Gasteiger partial charge in [-0.15, -0.1) is 0 Å². The molecule has 1 aliphatic heterocycles. The highest BCUT2D eigenvalue weighted by Gasteiger charge is 2.38. The largest absolute Gasteiger partial charge is 0.469 e. The average Bonchev–Trinajstić information content (AvgIpc) is 2.63. The standard InChI is InChI=1S/C12H22O5/c1-11(2,14)9(10(13)15-4)5-6-12(3)16-7-8-17-12/h9,14H,5-8H2,1-4H3. The third-order valence-electron chi connectivity index (χ3n) is 3.12. The summed E-state index contributed by atoms with van der Waals surface area (Å²) in [6.45, 7) is 6.20. The minimum atomic E-state index is -1.11. The van der Waals surface area contributed by atoms with Crippen LogP contribution in [0.1, 0.15) is 33.6 Å². The molecule has 1 unspecified atom stereocenters. The van der Waals surface area contributed by atoms with Crippen molar-refractivity contribution in [3.8, 4) is 0 Å². The summed E-state index contributed by atoms with van der Waals surface area (Å²) in [5, 5.41) is 9.95. The van der Waals surface area contributed by atoms with Crippen LogP contribution in [-0.4, -0.2) is 42.8 Å². The molecule has 5 heteroatoms. The molecular weight excluding hydrogens is 224 g/mol. The second kappa shape index (κ2) is 5.33. The van der Waals surface area contributed by atoms with Gasteiger partial charge >= 0.3 is 5.97 Å². The van der Waals surface area contributed by atoms with Crippen molar-refractivity contribution in [2.24, 2.45) is 5.92 Å². The normalized spacial score (nSPS) is 21.2. The van der Waals surface area contributed by atoms with Crippen molar-refractivity contribution in [2.45, 2.75) is 45.0 Å². The van der Waals surface area contributed by atoms with Gasteiger partial charge in [-0.25, -0.2) is 0 Å². The van der Waals surface area contributed by atoms with E-state index in [-0.39, 0.29) is 0 Å². The van der Waals surface area contributed by atoms with Gasteiger partial charge in [0.05, 0.1) is 31.8 Å². The molecule has 5 nitrogen and oxygen atoms in total. The van der Waals surface area contributed by atoms with Crippen molar-refractivity contribution in [3.63, 3.8) is 0 Å². The number of aliphatic hydroxyl groups is 1. The molecule has 0 aromatic heterocycles. The maximum Gasteiger partial charge on any atom is 0.311 e. The van der Waals surface area contributed by atoms with E-state index in [1.807, 2.05) is 6.92 Å². The van der Waals surface area contributed by atoms with Gasteiger partial charge < -0.3 is 19.3 Å². The molecule has 0 saturated carbocycles. The van der Waals surface area contributed by atoms with Crippen LogP contribution < -0.4 is 0 Å². The number of carbonyl (C=O) groups is 1. The molecule has 100 valence electrons. The number of ether oxygens (including phenoxy) is 3. The molecule has 1 fully saturated rings. The van der Waals surface area contributed by atoms with Gasteiger partial charge in [0.2, 0.25) is 0 Å². The van der Waals surface area contributed by atoms with Crippen LogP contribution in [0.2, 0.25) is 0 Å². The molecule has 0 aliphatic carbocycles. The van der Waals surface area contributed by atoms with Gasteiger partial charge in [-0.1, -0.05) is 0 Å². The number of rotatable bonds is 5. The Hall–Kier alpha value is -0.650. The summed E-state index contributed by atoms with van der Waals surface area (Å²) in [6.07, 6.45) is 1.02. The molecule has 0 aromatic rings. The van der Waals surface area contributed by atoms with Gasteiger partial charge in [0.25, 0.3) is 0 Å². The zero-order valence-electron chi connectivity index (χ0n) is 11.0. The fourth-order valence-corrected chi connectivity index (χ4v) is 2.01. The molecule has 1 aliphatic rings. The molecule has 0 radical (unpaired) electrons. The number of hydrogen-bond donors (Lipinski definition) is 1. The van der Waals surface area contributed by atoms with Crippen LogP contribution in [0.25, 0.3) is 0 Å². The van der Waals surface area contributed by atoms with Gasteiger partial charge in [-0.05, 0) is 27.2 Å². The average molecular weight is 246 g/mol. The van der Waals surface area contributed by atoms with Crippen molar-refractivity contribution in [1.29, 1.82) is 0 Å². The van der Waals surface area contributed by atoms with Crippen LogP contribution in [0.4, 0.5) is 0 Å². The van der Waals surface area contributed by atoms with Gasteiger partial charge in [0.15, 0.2) is 5.79 Å². The highest BCUT2D eigenvalue weighted by Crippen LogP contribution is 2.30. The van der Waals surface area contributed by atoms with Gasteiger partial charge in [-0.3, -0.25) is 4.79 Å². The van der Waals surface area contributed by atoms with Gasteiger partial charge in [0.1, 0.15) is 0 Å². The van der Waals surface area contributed by atoms with Crippen molar-refractivity contribution in [3.05, 3.63) is 0 Å². The first-order valence-corrected chi connectivity index (χ1v) is 5.86. The molecule has 1 N–H and O–H groups in total. The molecule has 17 heavy (non-hydrogen) atoms. The lowest BCUT2D eigenvalue weighted by molar-refractivity contribution is -0.164. The monoisotopic (exact) mass is 246 g/mol. The van der Waals surface area contributed by atoms with Crippen molar-refractivity contribution >= 4 is 5.97 Å². The van der Waals surface area contributed by atoms with Gasteiger partial charge in [0, 0.05) is 6.42 Å². The predicted octanol–water partition coefficient (Wildman–Crippen LogP) is 1.09. The first kappa shape index (κ1) is 14.4. The zero-order chi connectivity index (χ0) is 13.1. The van der Waals surface area contributed by atoms with Crippen LogP contribution in [0.3, 0.4) is 0 Å². The summed E-state index contributed by atoms with van der Waals surface area (Å²) in [5.41, 5.74) is -1.11. The Bertz CT molecular complexity index is 263. The third kappa shape index (κ3) is 3.94. The Morgan fingerprint density at radius 1 is 1.47 bits per heavy atom. The minimum absolute atomic E-state index is 0.404. The Morgan fingerprint density at radius 3 is 2.41 bits per heavy atom. The van der Waals surface area contributed by atoms with Crippen LogP contribution in [0.15, 0.2) is 0 Å². The zero-order valence-corrected chi connectivity index (χ0v) is 11.0. The lowest BCUT2D eigenvalue weighted by Crippen LogP contribution is -2.39. The highest BCUT2D eigenvalue weighted by molar-refractivity contribution is 5.73. The van der Waals surface area contributed by atoms with E-state index in [1.54, 1.807) is 13.8 Å². The summed E-state index contributed by atoms with van der Waals surface area (Å²) in [4.78, 5) is 11.6. The van der Waals surface area contributed by atoms with E-state index in [0.717, 1.165) is 0 Å². The van der Waals surface area contributed by atoms with Crippen LogP contribution in [0, 0.1) is 5.92 Å². The van der Waals surface area contributed by atoms with Gasteiger partial charge in [-0.2, -0.15) is 0 Å². The molecule has 0 aromatic carbocycles. The number of esters is 1. The fraction of sp³-hybridized carbons (Fsp3) is 0.917. The van der Waals surface area contributed by atoms with E-state index < -0.39 is 23.3 Å². The lowest BCUT2D eigenvalue weighted by atomic mass is 9.86. The van der Waals surface area contributed by atoms with Crippen molar-refractivity contribution in [2.75, 3.05) is 20.3 Å². The fourth-order valence-electron chi connectivity index (χ4n) is 2.01. The van der Waals surface area contributed by atoms with Crippen LogP contribution in [0.5, 0.6) is 0 Å². The highest BCUT2D eigenvalue weighted by atomic mass is 16.7. The summed E-state index contributed by atoms with van der Waals surface area (Å²) in [7, 11) is 1.32. The van der Waals surface area contributed by atoms with E-state index in [2.05, 4.69) is 0 Å². The number of hydrogen-bond acceptors (Lipinski definition) is 5. The topological polar surface area (TPSA) is 65.0 Å². The molecule has 1 atom stereocenters. The minimum Gasteiger partial charge on any atom is -0.469 e. The van der Waals surface area contributed by atoms with E-state index in [9.17, 15) is 9.90 Å². The molecule has 0 bridgehead atoms. The summed E-state index contributed by atoms with van der Waals surface area (Å²) in [6, 6.07) is 0. The van der Waals surface area contributed by atoms with E-state index in [4.69, 9.17) is 14.2 Å². The molecule has 1 saturated heterocycles. The van der Waals surface area contributed by atoms with Crippen LogP contribution >= 0.6 is 0 Å². The predicted molar refractivity (Wildman–Crippen MR) is 61.3 cm³/mol. The Morgan fingerprint density at radius 2 is 2.00 bits per heavy atom. The summed E-state index contributed by atoms with van der Waals surface area (Å²) in [5.74, 6) is -1.62. The van der Waals surface area contributed by atoms with Crippen LogP contribution in [-0.2, 0) is 19.0 Å². The van der Waals surface area contributed by atoms with Crippen molar-refractivity contribution in [1.82, 2.24) is 0 Å². The molecular formula is C12H22O5. The lowest BCUT2D eigenvalue weighted by Gasteiger charge is -2.30. The quantitative estimate of drug-likeness (QED) is 0.736. The smallest absolute Gasteiger partial charge is 0.311 e. The summed E-state index contributed by atoms with van der Waals surface area (Å²) < 4.78 is 15.6. The van der Waals surface area contributed by atoms with E-state index in [0.29, 0.717) is 26.1 Å². The Kier molecular flexibility index (Phi) is 4.52. The number of carbonyl (C=O) groups excluding carboxylic acids is 1. The summed E-state index contributed by atoms with van der Waals surface area (Å²) >= 11 is 0. The second-order valence-corrected chi connectivity index (χ2v) is 5.10. The number of methoxy groups -OCH3 is 1.